The number of nitrogens with one attached hydrogen (secondary N) is 1. The number of aromatic nitrogens is 2. The van der Waals surface area contributed by atoms with Crippen LogP contribution in [0.25, 0.3) is 0 Å². The molecule has 1 heterocycles. The third-order valence-electron chi connectivity index (χ3n) is 4.92. The maximum absolute atomic E-state index is 4.49. The van der Waals surface area contributed by atoms with Gasteiger partial charge in [-0.3, -0.25) is 4.68 Å². The molecule has 17 heavy (non-hydrogen) atoms. The molecule has 0 aromatic carbocycles. The number of rotatable bonds is 3. The zero-order valence-electron chi connectivity index (χ0n) is 11.1. The lowest BCUT2D eigenvalue weighted by Crippen LogP contribution is -2.29. The highest BCUT2D eigenvalue weighted by Crippen LogP contribution is 2.52. The van der Waals surface area contributed by atoms with Crippen molar-refractivity contribution in [2.45, 2.75) is 38.6 Å². The molecule has 0 aliphatic heterocycles. The summed E-state index contributed by atoms with van der Waals surface area (Å²) in [6.07, 6.45) is 8.02. The third-order valence-corrected chi connectivity index (χ3v) is 4.92. The quantitative estimate of drug-likeness (QED) is 0.869. The summed E-state index contributed by atoms with van der Waals surface area (Å²) in [6, 6.07) is 0.513. The van der Waals surface area contributed by atoms with Crippen LogP contribution in [-0.4, -0.2) is 16.8 Å². The highest BCUT2D eigenvalue weighted by atomic mass is 15.3. The molecular formula is C14H23N3. The van der Waals surface area contributed by atoms with Gasteiger partial charge < -0.3 is 5.32 Å². The van der Waals surface area contributed by atoms with Gasteiger partial charge in [0.2, 0.25) is 0 Å². The summed E-state index contributed by atoms with van der Waals surface area (Å²) in [4.78, 5) is 0. The zero-order valence-corrected chi connectivity index (χ0v) is 11.1. The fourth-order valence-corrected chi connectivity index (χ4v) is 4.23. The van der Waals surface area contributed by atoms with E-state index in [-0.39, 0.29) is 0 Å². The summed E-state index contributed by atoms with van der Waals surface area (Å²) >= 11 is 0. The van der Waals surface area contributed by atoms with E-state index in [1.54, 1.807) is 0 Å². The molecular weight excluding hydrogens is 210 g/mol. The molecule has 0 amide bonds. The van der Waals surface area contributed by atoms with Crippen molar-refractivity contribution in [1.82, 2.24) is 15.1 Å². The summed E-state index contributed by atoms with van der Waals surface area (Å²) in [5.41, 5.74) is 2.60. The van der Waals surface area contributed by atoms with Crippen molar-refractivity contribution >= 4 is 0 Å². The number of fused-ring (bicyclic) bond motifs is 2. The van der Waals surface area contributed by atoms with Gasteiger partial charge in [0.05, 0.1) is 5.69 Å². The van der Waals surface area contributed by atoms with Crippen LogP contribution in [0.5, 0.6) is 0 Å². The predicted octanol–water partition coefficient (Wildman–Crippen LogP) is 2.43. The number of nitrogens with zero attached hydrogens (tertiary/aromatic N) is 2. The van der Waals surface area contributed by atoms with Crippen LogP contribution in [-0.2, 0) is 7.05 Å². The lowest BCUT2D eigenvalue weighted by atomic mass is 9.80. The molecule has 4 atom stereocenters. The minimum atomic E-state index is 0.513. The van der Waals surface area contributed by atoms with Crippen LogP contribution in [0.2, 0.25) is 0 Å². The van der Waals surface area contributed by atoms with E-state index in [1.807, 2.05) is 11.7 Å². The first kappa shape index (κ1) is 11.3. The largest absolute Gasteiger partial charge is 0.313 e. The maximum Gasteiger partial charge on any atom is 0.0641 e. The van der Waals surface area contributed by atoms with Crippen LogP contribution in [0, 0.1) is 24.7 Å². The Morgan fingerprint density at radius 3 is 2.71 bits per heavy atom. The van der Waals surface area contributed by atoms with Crippen LogP contribution < -0.4 is 5.32 Å². The average Bonchev–Trinajstić information content (AvgIpc) is 2.96. The van der Waals surface area contributed by atoms with E-state index in [4.69, 9.17) is 0 Å². The Bertz CT molecular complexity index is 410. The van der Waals surface area contributed by atoms with Crippen molar-refractivity contribution in [2.75, 3.05) is 7.05 Å². The minimum absolute atomic E-state index is 0.513. The molecule has 3 nitrogen and oxygen atoms in total. The first-order valence-corrected chi connectivity index (χ1v) is 6.86. The summed E-state index contributed by atoms with van der Waals surface area (Å²) in [6.45, 7) is 2.13. The number of hydrogen-bond donors (Lipinski definition) is 1. The molecule has 0 spiro atoms. The standard InChI is InChI=1S/C14H23N3/c1-9-13(8-17(3)16-9)14(15-2)12-7-10-4-5-11(12)6-10/h8,10-12,14-15H,4-7H2,1-3H3. The van der Waals surface area contributed by atoms with Gasteiger partial charge in [0.1, 0.15) is 0 Å². The molecule has 2 saturated carbocycles. The Morgan fingerprint density at radius 1 is 1.41 bits per heavy atom. The van der Waals surface area contributed by atoms with Gasteiger partial charge in [-0.25, -0.2) is 0 Å². The van der Waals surface area contributed by atoms with E-state index in [9.17, 15) is 0 Å². The molecule has 3 rings (SSSR count). The summed E-state index contributed by atoms with van der Waals surface area (Å²) in [5.74, 6) is 2.80. The van der Waals surface area contributed by atoms with E-state index in [2.05, 4.69) is 30.6 Å². The molecule has 2 aliphatic carbocycles. The molecule has 2 bridgehead atoms. The summed E-state index contributed by atoms with van der Waals surface area (Å²) < 4.78 is 1.95. The Morgan fingerprint density at radius 2 is 2.24 bits per heavy atom. The van der Waals surface area contributed by atoms with Crippen LogP contribution in [0.15, 0.2) is 6.20 Å². The molecule has 1 N–H and O–H groups in total. The Balaban J connectivity index is 1.86. The Kier molecular flexibility index (Phi) is 2.74. The second-order valence-corrected chi connectivity index (χ2v) is 5.95. The zero-order chi connectivity index (χ0) is 12.0. The van der Waals surface area contributed by atoms with Gasteiger partial charge in [-0.1, -0.05) is 6.42 Å². The topological polar surface area (TPSA) is 29.9 Å². The van der Waals surface area contributed by atoms with Gasteiger partial charge in [0, 0.05) is 24.8 Å². The smallest absolute Gasteiger partial charge is 0.0641 e. The first-order chi connectivity index (χ1) is 8.19. The number of hydrogen-bond acceptors (Lipinski definition) is 2. The first-order valence-electron chi connectivity index (χ1n) is 6.86. The van der Waals surface area contributed by atoms with Crippen LogP contribution in [0.1, 0.15) is 43.0 Å². The van der Waals surface area contributed by atoms with Gasteiger partial charge >= 0.3 is 0 Å². The van der Waals surface area contributed by atoms with Crippen molar-refractivity contribution < 1.29 is 0 Å². The Labute approximate surface area is 104 Å². The molecule has 4 unspecified atom stereocenters. The van der Waals surface area contributed by atoms with Crippen molar-refractivity contribution in [3.05, 3.63) is 17.5 Å². The molecule has 94 valence electrons. The molecule has 2 aliphatic rings. The summed E-state index contributed by atoms with van der Waals surface area (Å²) in [5, 5.41) is 8.04. The van der Waals surface area contributed by atoms with E-state index in [0.29, 0.717) is 6.04 Å². The molecule has 0 radical (unpaired) electrons. The molecule has 1 aromatic rings. The fourth-order valence-electron chi connectivity index (χ4n) is 4.23. The minimum Gasteiger partial charge on any atom is -0.313 e. The van der Waals surface area contributed by atoms with Gasteiger partial charge in [-0.05, 0) is 51.0 Å². The van der Waals surface area contributed by atoms with Gasteiger partial charge in [-0.15, -0.1) is 0 Å². The number of aryl methyl sites for hydroxylation is 2. The van der Waals surface area contributed by atoms with Crippen molar-refractivity contribution in [3.63, 3.8) is 0 Å². The van der Waals surface area contributed by atoms with Gasteiger partial charge in [0.25, 0.3) is 0 Å². The highest BCUT2D eigenvalue weighted by molar-refractivity contribution is 5.22. The lowest BCUT2D eigenvalue weighted by molar-refractivity contribution is 0.259. The van der Waals surface area contributed by atoms with E-state index in [0.717, 1.165) is 17.8 Å². The summed E-state index contributed by atoms with van der Waals surface area (Å²) in [7, 11) is 4.12. The monoisotopic (exact) mass is 233 g/mol. The lowest BCUT2D eigenvalue weighted by Gasteiger charge is -2.30. The van der Waals surface area contributed by atoms with Gasteiger partial charge in [-0.2, -0.15) is 5.10 Å². The van der Waals surface area contributed by atoms with Crippen LogP contribution in [0.4, 0.5) is 0 Å². The molecule has 3 heteroatoms. The van der Waals surface area contributed by atoms with Crippen molar-refractivity contribution in [3.8, 4) is 0 Å². The normalized spacial score (nSPS) is 33.2. The Hall–Kier alpha value is -0.830. The van der Waals surface area contributed by atoms with Crippen molar-refractivity contribution in [2.24, 2.45) is 24.8 Å². The second-order valence-electron chi connectivity index (χ2n) is 5.95. The second kappa shape index (κ2) is 4.13. The van der Waals surface area contributed by atoms with Gasteiger partial charge in [0.15, 0.2) is 0 Å². The van der Waals surface area contributed by atoms with Crippen molar-refractivity contribution in [1.29, 1.82) is 0 Å². The molecule has 2 fully saturated rings. The van der Waals surface area contributed by atoms with Crippen LogP contribution >= 0.6 is 0 Å². The van der Waals surface area contributed by atoms with E-state index < -0.39 is 0 Å². The van der Waals surface area contributed by atoms with E-state index in [1.165, 1.54) is 36.9 Å². The molecule has 1 aromatic heterocycles. The van der Waals surface area contributed by atoms with Crippen LogP contribution in [0.3, 0.4) is 0 Å². The predicted molar refractivity (Wildman–Crippen MR) is 68.7 cm³/mol. The SMILES string of the molecule is CNC(c1cn(C)nc1C)C1CC2CCC1C2. The van der Waals surface area contributed by atoms with E-state index >= 15 is 0 Å². The third kappa shape index (κ3) is 1.81. The fraction of sp³-hybridized carbons (Fsp3) is 0.786. The molecule has 0 saturated heterocycles. The maximum atomic E-state index is 4.49. The average molecular weight is 233 g/mol. The highest BCUT2D eigenvalue weighted by Gasteiger charge is 2.43.